The Kier molecular flexibility index (Phi) is 2.25. The third-order valence-electron chi connectivity index (χ3n) is 2.07. The van der Waals surface area contributed by atoms with Crippen molar-refractivity contribution in [2.75, 3.05) is 6.54 Å². The Bertz CT molecular complexity index is 120. The molecule has 0 spiro atoms. The SMILES string of the molecule is CC1C(N)[C@H](O)O[C@@H]1CN. The van der Waals surface area contributed by atoms with Crippen molar-refractivity contribution in [3.8, 4) is 0 Å². The molecule has 0 bridgehead atoms. The molecule has 0 aromatic rings. The van der Waals surface area contributed by atoms with Gasteiger partial charge in [0.1, 0.15) is 0 Å². The van der Waals surface area contributed by atoms with Crippen molar-refractivity contribution in [1.29, 1.82) is 0 Å². The van der Waals surface area contributed by atoms with E-state index in [4.69, 9.17) is 21.3 Å². The van der Waals surface area contributed by atoms with E-state index >= 15 is 0 Å². The lowest BCUT2D eigenvalue weighted by Gasteiger charge is -2.12. The van der Waals surface area contributed by atoms with Crippen LogP contribution in [0.3, 0.4) is 0 Å². The summed E-state index contributed by atoms with van der Waals surface area (Å²) in [5.74, 6) is 0.153. The van der Waals surface area contributed by atoms with Gasteiger partial charge in [-0.15, -0.1) is 0 Å². The Morgan fingerprint density at radius 3 is 2.40 bits per heavy atom. The highest BCUT2D eigenvalue weighted by molar-refractivity contribution is 4.86. The molecule has 1 fully saturated rings. The molecule has 1 aliphatic rings. The first kappa shape index (κ1) is 7.94. The summed E-state index contributed by atoms with van der Waals surface area (Å²) in [5.41, 5.74) is 10.9. The molecule has 4 heteroatoms. The van der Waals surface area contributed by atoms with Gasteiger partial charge in [0, 0.05) is 12.5 Å². The number of aliphatic hydroxyl groups is 1. The Morgan fingerprint density at radius 1 is 1.60 bits per heavy atom. The maximum absolute atomic E-state index is 9.07. The fourth-order valence-electron chi connectivity index (χ4n) is 1.17. The quantitative estimate of drug-likeness (QED) is 0.426. The summed E-state index contributed by atoms with van der Waals surface area (Å²) in [7, 11) is 0. The van der Waals surface area contributed by atoms with E-state index < -0.39 is 6.29 Å². The van der Waals surface area contributed by atoms with Gasteiger partial charge in [-0.3, -0.25) is 0 Å². The van der Waals surface area contributed by atoms with Gasteiger partial charge in [0.05, 0.1) is 12.1 Å². The number of aliphatic hydroxyl groups excluding tert-OH is 1. The molecule has 4 nitrogen and oxygen atoms in total. The van der Waals surface area contributed by atoms with Crippen LogP contribution < -0.4 is 11.5 Å². The van der Waals surface area contributed by atoms with Crippen molar-refractivity contribution in [2.45, 2.75) is 25.4 Å². The first-order valence-corrected chi connectivity index (χ1v) is 3.46. The van der Waals surface area contributed by atoms with Gasteiger partial charge >= 0.3 is 0 Å². The molecule has 0 radical (unpaired) electrons. The number of nitrogens with two attached hydrogens (primary N) is 2. The summed E-state index contributed by atoms with van der Waals surface area (Å²) >= 11 is 0. The number of hydrogen-bond donors (Lipinski definition) is 3. The summed E-state index contributed by atoms with van der Waals surface area (Å²) in [6.07, 6.45) is -0.909. The van der Waals surface area contributed by atoms with Crippen LogP contribution in [0, 0.1) is 5.92 Å². The van der Waals surface area contributed by atoms with Crippen molar-refractivity contribution in [1.82, 2.24) is 0 Å². The van der Waals surface area contributed by atoms with Gasteiger partial charge < -0.3 is 21.3 Å². The van der Waals surface area contributed by atoms with Gasteiger partial charge in [-0.1, -0.05) is 6.92 Å². The molecular weight excluding hydrogens is 132 g/mol. The summed E-state index contributed by atoms with van der Waals surface area (Å²) < 4.78 is 5.04. The molecule has 0 saturated carbocycles. The van der Waals surface area contributed by atoms with Gasteiger partial charge in [-0.05, 0) is 0 Å². The summed E-state index contributed by atoms with van der Waals surface area (Å²) in [4.78, 5) is 0. The van der Waals surface area contributed by atoms with E-state index in [0.29, 0.717) is 6.54 Å². The van der Waals surface area contributed by atoms with Gasteiger partial charge in [0.15, 0.2) is 6.29 Å². The normalized spacial score (nSPS) is 48.0. The predicted octanol–water partition coefficient (Wildman–Crippen LogP) is -1.37. The lowest BCUT2D eigenvalue weighted by Crippen LogP contribution is -2.35. The molecule has 0 aromatic heterocycles. The lowest BCUT2D eigenvalue weighted by atomic mass is 10.00. The predicted molar refractivity (Wildman–Crippen MR) is 37.1 cm³/mol. The summed E-state index contributed by atoms with van der Waals surface area (Å²) in [6, 6.07) is -0.284. The number of rotatable bonds is 1. The smallest absolute Gasteiger partial charge is 0.170 e. The van der Waals surface area contributed by atoms with Crippen LogP contribution in [0.25, 0.3) is 0 Å². The second-order valence-corrected chi connectivity index (χ2v) is 2.74. The third-order valence-corrected chi connectivity index (χ3v) is 2.07. The molecule has 1 saturated heterocycles. The molecule has 0 aliphatic carbocycles. The van der Waals surface area contributed by atoms with Gasteiger partial charge in [0.25, 0.3) is 0 Å². The molecule has 60 valence electrons. The third kappa shape index (κ3) is 1.15. The Morgan fingerprint density at radius 2 is 2.20 bits per heavy atom. The minimum Gasteiger partial charge on any atom is -0.367 e. The monoisotopic (exact) mass is 146 g/mol. The van der Waals surface area contributed by atoms with E-state index in [2.05, 4.69) is 0 Å². The average molecular weight is 146 g/mol. The van der Waals surface area contributed by atoms with Crippen LogP contribution in [0.15, 0.2) is 0 Å². The van der Waals surface area contributed by atoms with Crippen LogP contribution >= 0.6 is 0 Å². The second-order valence-electron chi connectivity index (χ2n) is 2.74. The zero-order chi connectivity index (χ0) is 7.72. The molecular formula is C6H14N2O2. The number of ether oxygens (including phenoxy) is 1. The van der Waals surface area contributed by atoms with Crippen molar-refractivity contribution in [3.05, 3.63) is 0 Å². The second kappa shape index (κ2) is 2.84. The maximum Gasteiger partial charge on any atom is 0.170 e. The van der Waals surface area contributed by atoms with Crippen molar-refractivity contribution >= 4 is 0 Å². The van der Waals surface area contributed by atoms with Crippen molar-refractivity contribution < 1.29 is 9.84 Å². The van der Waals surface area contributed by atoms with Crippen LogP contribution in [0.1, 0.15) is 6.92 Å². The molecule has 4 atom stereocenters. The lowest BCUT2D eigenvalue weighted by molar-refractivity contribution is -0.0938. The molecule has 1 rings (SSSR count). The fourth-order valence-corrected chi connectivity index (χ4v) is 1.17. The van der Waals surface area contributed by atoms with E-state index in [1.54, 1.807) is 0 Å². The standard InChI is InChI=1S/C6H14N2O2/c1-3-4(2-7)10-6(9)5(3)8/h3-6,9H,2,7-8H2,1H3/t3?,4-,5?,6-/m1/s1. The molecule has 1 aliphatic heterocycles. The van der Waals surface area contributed by atoms with Crippen LogP contribution in [0.2, 0.25) is 0 Å². The van der Waals surface area contributed by atoms with Crippen LogP contribution in [-0.4, -0.2) is 30.1 Å². The summed E-state index contributed by atoms with van der Waals surface area (Å²) in [6.45, 7) is 2.35. The Balaban J connectivity index is 2.53. The minimum atomic E-state index is -0.830. The van der Waals surface area contributed by atoms with Crippen LogP contribution in [0.4, 0.5) is 0 Å². The topological polar surface area (TPSA) is 81.5 Å². The highest BCUT2D eigenvalue weighted by Gasteiger charge is 2.37. The van der Waals surface area contributed by atoms with E-state index in [0.717, 1.165) is 0 Å². The Labute approximate surface area is 60.1 Å². The van der Waals surface area contributed by atoms with E-state index in [-0.39, 0.29) is 18.1 Å². The zero-order valence-electron chi connectivity index (χ0n) is 6.03. The van der Waals surface area contributed by atoms with Gasteiger partial charge in [-0.2, -0.15) is 0 Å². The van der Waals surface area contributed by atoms with Crippen molar-refractivity contribution in [2.24, 2.45) is 17.4 Å². The molecule has 0 aromatic carbocycles. The number of hydrogen-bond acceptors (Lipinski definition) is 4. The van der Waals surface area contributed by atoms with E-state index in [1.165, 1.54) is 0 Å². The van der Waals surface area contributed by atoms with Crippen LogP contribution in [0.5, 0.6) is 0 Å². The zero-order valence-corrected chi connectivity index (χ0v) is 6.03. The van der Waals surface area contributed by atoms with Gasteiger partial charge in [0.2, 0.25) is 0 Å². The highest BCUT2D eigenvalue weighted by atomic mass is 16.6. The van der Waals surface area contributed by atoms with Crippen molar-refractivity contribution in [3.63, 3.8) is 0 Å². The molecule has 10 heavy (non-hydrogen) atoms. The minimum absolute atomic E-state index is 0.0787. The van der Waals surface area contributed by atoms with Crippen LogP contribution in [-0.2, 0) is 4.74 Å². The Hall–Kier alpha value is -0.160. The van der Waals surface area contributed by atoms with Gasteiger partial charge in [-0.25, -0.2) is 0 Å². The summed E-state index contributed by atoms with van der Waals surface area (Å²) in [5, 5.41) is 9.07. The molecule has 5 N–H and O–H groups in total. The largest absolute Gasteiger partial charge is 0.367 e. The van der Waals surface area contributed by atoms with E-state index in [1.807, 2.05) is 6.92 Å². The maximum atomic E-state index is 9.07. The molecule has 0 amide bonds. The molecule has 2 unspecified atom stereocenters. The first-order chi connectivity index (χ1) is 4.66. The van der Waals surface area contributed by atoms with E-state index in [9.17, 15) is 0 Å². The first-order valence-electron chi connectivity index (χ1n) is 3.46. The molecule has 1 heterocycles. The highest BCUT2D eigenvalue weighted by Crippen LogP contribution is 2.22. The fraction of sp³-hybridized carbons (Fsp3) is 1.00. The average Bonchev–Trinajstić information content (AvgIpc) is 2.17.